The quantitative estimate of drug-likeness (QED) is 0.848. The van der Waals surface area contributed by atoms with E-state index >= 15 is 0 Å². The third-order valence-corrected chi connectivity index (χ3v) is 4.77. The van der Waals surface area contributed by atoms with Gasteiger partial charge in [-0.25, -0.2) is 0 Å². The zero-order valence-electron chi connectivity index (χ0n) is 10.5. The van der Waals surface area contributed by atoms with E-state index in [9.17, 15) is 5.11 Å². The average molecular weight is 254 g/mol. The number of rotatable bonds is 6. The van der Waals surface area contributed by atoms with Crippen molar-refractivity contribution in [3.8, 4) is 0 Å². The van der Waals surface area contributed by atoms with Gasteiger partial charge >= 0.3 is 0 Å². The Morgan fingerprint density at radius 2 is 2.29 bits per heavy atom. The predicted octanol–water partition coefficient (Wildman–Crippen LogP) is 3.00. The molecule has 0 aliphatic heterocycles. The molecule has 1 aromatic rings. The lowest BCUT2D eigenvalue weighted by molar-refractivity contribution is 0.191. The molecule has 1 fully saturated rings. The largest absolute Gasteiger partial charge is 0.386 e. The second kappa shape index (κ2) is 6.45. The number of hydrogen-bond donors (Lipinski definition) is 1. The molecule has 2 rings (SSSR count). The minimum absolute atomic E-state index is 0.366. The highest BCUT2D eigenvalue weighted by Gasteiger charge is 2.19. The van der Waals surface area contributed by atoms with E-state index in [0.29, 0.717) is 0 Å². The van der Waals surface area contributed by atoms with Crippen LogP contribution in [0.1, 0.15) is 50.8 Å². The molecule has 1 aliphatic rings. The molecular formula is C13H22N2OS. The fourth-order valence-electron chi connectivity index (χ4n) is 2.39. The van der Waals surface area contributed by atoms with Gasteiger partial charge in [-0.3, -0.25) is 4.68 Å². The van der Waals surface area contributed by atoms with Crippen LogP contribution >= 0.6 is 11.8 Å². The molecule has 3 nitrogen and oxygen atoms in total. The highest BCUT2D eigenvalue weighted by Crippen LogP contribution is 2.31. The van der Waals surface area contributed by atoms with Crippen molar-refractivity contribution in [1.82, 2.24) is 9.78 Å². The first-order chi connectivity index (χ1) is 8.31. The number of aliphatic hydroxyl groups is 1. The third-order valence-electron chi connectivity index (χ3n) is 3.32. The molecule has 0 bridgehead atoms. The lowest BCUT2D eigenvalue weighted by atomic mass is 10.3. The fourth-order valence-corrected chi connectivity index (χ4v) is 3.68. The second-order valence-electron chi connectivity index (χ2n) is 4.73. The van der Waals surface area contributed by atoms with Crippen LogP contribution in [0.5, 0.6) is 0 Å². The van der Waals surface area contributed by atoms with Crippen molar-refractivity contribution in [2.75, 3.05) is 5.75 Å². The Bertz CT molecular complexity index is 334. The SMILES string of the molecule is CCCn1nccc1C(O)CSC1CCCC1. The predicted molar refractivity (Wildman–Crippen MR) is 72.2 cm³/mol. The maximum absolute atomic E-state index is 10.2. The van der Waals surface area contributed by atoms with E-state index in [1.54, 1.807) is 6.20 Å². The molecular weight excluding hydrogens is 232 g/mol. The van der Waals surface area contributed by atoms with Gasteiger partial charge in [0.2, 0.25) is 0 Å². The molecule has 4 heteroatoms. The van der Waals surface area contributed by atoms with E-state index in [0.717, 1.165) is 29.7 Å². The van der Waals surface area contributed by atoms with Gasteiger partial charge in [-0.1, -0.05) is 19.8 Å². The van der Waals surface area contributed by atoms with E-state index in [2.05, 4.69) is 12.0 Å². The van der Waals surface area contributed by atoms with Gasteiger partial charge < -0.3 is 5.11 Å². The van der Waals surface area contributed by atoms with Gasteiger partial charge in [0.1, 0.15) is 6.10 Å². The van der Waals surface area contributed by atoms with Gasteiger partial charge in [0.25, 0.3) is 0 Å². The molecule has 0 saturated heterocycles. The maximum Gasteiger partial charge on any atom is 0.105 e. The summed E-state index contributed by atoms with van der Waals surface area (Å²) in [6.45, 7) is 3.03. The van der Waals surface area contributed by atoms with E-state index in [1.807, 2.05) is 22.5 Å². The average Bonchev–Trinajstić information content (AvgIpc) is 2.97. The first kappa shape index (κ1) is 13.0. The molecule has 96 valence electrons. The van der Waals surface area contributed by atoms with Gasteiger partial charge in [-0.2, -0.15) is 16.9 Å². The molecule has 0 aromatic carbocycles. The summed E-state index contributed by atoms with van der Waals surface area (Å²) < 4.78 is 1.93. The summed E-state index contributed by atoms with van der Waals surface area (Å²) in [5.41, 5.74) is 0.970. The van der Waals surface area contributed by atoms with Crippen molar-refractivity contribution in [2.24, 2.45) is 0 Å². The van der Waals surface area contributed by atoms with Crippen LogP contribution in [-0.2, 0) is 6.54 Å². The van der Waals surface area contributed by atoms with Crippen molar-refractivity contribution in [1.29, 1.82) is 0 Å². The summed E-state index contributed by atoms with van der Waals surface area (Å²) >= 11 is 1.93. The molecule has 0 radical (unpaired) electrons. The maximum atomic E-state index is 10.2. The normalized spacial score (nSPS) is 18.7. The fraction of sp³-hybridized carbons (Fsp3) is 0.769. The Hall–Kier alpha value is -0.480. The van der Waals surface area contributed by atoms with Crippen molar-refractivity contribution in [3.05, 3.63) is 18.0 Å². The van der Waals surface area contributed by atoms with Crippen LogP contribution in [0, 0.1) is 0 Å². The van der Waals surface area contributed by atoms with Gasteiger partial charge in [0.15, 0.2) is 0 Å². The Morgan fingerprint density at radius 1 is 1.53 bits per heavy atom. The number of aromatic nitrogens is 2. The number of thioether (sulfide) groups is 1. The van der Waals surface area contributed by atoms with Crippen LogP contribution in [0.4, 0.5) is 0 Å². The van der Waals surface area contributed by atoms with Crippen molar-refractivity contribution >= 4 is 11.8 Å². The number of aliphatic hydroxyl groups excluding tert-OH is 1. The summed E-state index contributed by atoms with van der Waals surface area (Å²) in [4.78, 5) is 0. The molecule has 1 aliphatic carbocycles. The molecule has 1 unspecified atom stereocenters. The molecule has 1 N–H and O–H groups in total. The lowest BCUT2D eigenvalue weighted by Crippen LogP contribution is -2.12. The van der Waals surface area contributed by atoms with E-state index < -0.39 is 0 Å². The first-order valence-corrected chi connectivity index (χ1v) is 7.67. The number of aryl methyl sites for hydroxylation is 1. The molecule has 0 spiro atoms. The van der Waals surface area contributed by atoms with Gasteiger partial charge in [-0.05, 0) is 25.3 Å². The number of hydrogen-bond acceptors (Lipinski definition) is 3. The molecule has 1 heterocycles. The highest BCUT2D eigenvalue weighted by molar-refractivity contribution is 7.99. The van der Waals surface area contributed by atoms with Crippen LogP contribution in [-0.4, -0.2) is 25.9 Å². The third kappa shape index (κ3) is 3.49. The van der Waals surface area contributed by atoms with Crippen molar-refractivity contribution in [2.45, 2.75) is 56.9 Å². The van der Waals surface area contributed by atoms with Crippen LogP contribution in [0.3, 0.4) is 0 Å². The van der Waals surface area contributed by atoms with Crippen LogP contribution in [0.2, 0.25) is 0 Å². The standard InChI is InChI=1S/C13H22N2OS/c1-2-9-15-12(7-8-14-15)13(16)10-17-11-5-3-4-6-11/h7-8,11,13,16H,2-6,9-10H2,1H3. The van der Waals surface area contributed by atoms with Gasteiger partial charge in [-0.15, -0.1) is 0 Å². The van der Waals surface area contributed by atoms with Crippen molar-refractivity contribution < 1.29 is 5.11 Å². The minimum atomic E-state index is -0.366. The Labute approximate surface area is 108 Å². The topological polar surface area (TPSA) is 38.0 Å². The summed E-state index contributed by atoms with van der Waals surface area (Å²) in [6.07, 6.45) is 7.85. The second-order valence-corrected chi connectivity index (χ2v) is 6.07. The molecule has 17 heavy (non-hydrogen) atoms. The zero-order chi connectivity index (χ0) is 12.1. The number of nitrogens with zero attached hydrogens (tertiary/aromatic N) is 2. The molecule has 0 amide bonds. The van der Waals surface area contributed by atoms with Gasteiger partial charge in [0.05, 0.1) is 5.69 Å². The Morgan fingerprint density at radius 3 is 3.00 bits per heavy atom. The van der Waals surface area contributed by atoms with Gasteiger partial charge in [0, 0.05) is 23.7 Å². The molecule has 1 saturated carbocycles. The van der Waals surface area contributed by atoms with Crippen molar-refractivity contribution in [3.63, 3.8) is 0 Å². The van der Waals surface area contributed by atoms with E-state index in [1.165, 1.54) is 25.7 Å². The Balaban J connectivity index is 1.85. The molecule has 1 aromatic heterocycles. The lowest BCUT2D eigenvalue weighted by Gasteiger charge is -2.15. The Kier molecular flexibility index (Phi) is 4.92. The first-order valence-electron chi connectivity index (χ1n) is 6.62. The minimum Gasteiger partial charge on any atom is -0.386 e. The van der Waals surface area contributed by atoms with Crippen LogP contribution in [0.15, 0.2) is 12.3 Å². The van der Waals surface area contributed by atoms with Crippen LogP contribution in [0.25, 0.3) is 0 Å². The zero-order valence-corrected chi connectivity index (χ0v) is 11.3. The summed E-state index contributed by atoms with van der Waals surface area (Å²) in [7, 11) is 0. The summed E-state index contributed by atoms with van der Waals surface area (Å²) in [5, 5.41) is 15.2. The summed E-state index contributed by atoms with van der Waals surface area (Å²) in [6, 6.07) is 1.94. The summed E-state index contributed by atoms with van der Waals surface area (Å²) in [5.74, 6) is 0.806. The van der Waals surface area contributed by atoms with E-state index in [-0.39, 0.29) is 6.10 Å². The highest BCUT2D eigenvalue weighted by atomic mass is 32.2. The smallest absolute Gasteiger partial charge is 0.105 e. The molecule has 1 atom stereocenters. The van der Waals surface area contributed by atoms with Crippen LogP contribution < -0.4 is 0 Å². The van der Waals surface area contributed by atoms with E-state index in [4.69, 9.17) is 0 Å². The monoisotopic (exact) mass is 254 g/mol.